The number of pyridine rings is 1. The standard InChI is InChI=1S/C22H19F4N5O3/c23-13-6-12-9-28-21-14-8-18(31-3-5-33-11-19(31)32)27-10-16(14)29-17(30-21)2-1-4-34-20(12)15(7-13)22(24,25)26/h6-8,10H,1-5,9,11H2,(H,28,29,30). The van der Waals surface area contributed by atoms with Crippen LogP contribution in [0.5, 0.6) is 5.75 Å². The molecule has 0 saturated carbocycles. The molecule has 2 aromatic heterocycles. The van der Waals surface area contributed by atoms with Crippen molar-refractivity contribution in [2.45, 2.75) is 25.6 Å². The average molecular weight is 477 g/mol. The van der Waals surface area contributed by atoms with Crippen LogP contribution >= 0.6 is 0 Å². The third-order valence-electron chi connectivity index (χ3n) is 5.55. The van der Waals surface area contributed by atoms with Crippen molar-refractivity contribution in [2.75, 3.05) is 36.6 Å². The second-order valence-electron chi connectivity index (χ2n) is 7.89. The van der Waals surface area contributed by atoms with Gasteiger partial charge < -0.3 is 14.8 Å². The van der Waals surface area contributed by atoms with Gasteiger partial charge in [-0.05, 0) is 24.6 Å². The molecule has 12 heteroatoms. The zero-order valence-electron chi connectivity index (χ0n) is 17.8. The van der Waals surface area contributed by atoms with Crippen molar-refractivity contribution in [1.82, 2.24) is 15.0 Å². The number of alkyl halides is 3. The molecule has 0 spiro atoms. The third kappa shape index (κ3) is 4.32. The number of hydrogen-bond donors (Lipinski definition) is 1. The maximum absolute atomic E-state index is 14.1. The molecule has 2 aliphatic heterocycles. The molecule has 1 saturated heterocycles. The molecule has 1 amide bonds. The Morgan fingerprint density at radius 2 is 1.97 bits per heavy atom. The number of anilines is 2. The molecule has 2 bridgehead atoms. The second kappa shape index (κ2) is 8.67. The highest BCUT2D eigenvalue weighted by molar-refractivity contribution is 5.97. The Balaban J connectivity index is 1.57. The topological polar surface area (TPSA) is 89.5 Å². The first-order valence-corrected chi connectivity index (χ1v) is 10.6. The molecular weight excluding hydrogens is 458 g/mol. The lowest BCUT2D eigenvalue weighted by Crippen LogP contribution is -2.42. The number of carbonyl (C=O) groups is 1. The number of ether oxygens (including phenoxy) is 2. The third-order valence-corrected chi connectivity index (χ3v) is 5.55. The van der Waals surface area contributed by atoms with E-state index in [4.69, 9.17) is 9.47 Å². The van der Waals surface area contributed by atoms with E-state index in [1.165, 1.54) is 11.1 Å². The van der Waals surface area contributed by atoms with E-state index in [1.54, 1.807) is 6.07 Å². The van der Waals surface area contributed by atoms with Crippen LogP contribution in [0.15, 0.2) is 24.4 Å². The first-order chi connectivity index (χ1) is 16.3. The summed E-state index contributed by atoms with van der Waals surface area (Å²) in [6.45, 7) is 0.466. The zero-order chi connectivity index (χ0) is 23.9. The van der Waals surface area contributed by atoms with Crippen LogP contribution in [-0.4, -0.2) is 47.2 Å². The van der Waals surface area contributed by atoms with Crippen molar-refractivity contribution >= 4 is 28.4 Å². The number of nitrogens with zero attached hydrogens (tertiary/aromatic N) is 4. The lowest BCUT2D eigenvalue weighted by atomic mass is 10.1. The Hall–Kier alpha value is -3.54. The maximum atomic E-state index is 14.1. The molecule has 0 unspecified atom stereocenters. The molecule has 3 aromatic rings. The van der Waals surface area contributed by atoms with Crippen molar-refractivity contribution in [1.29, 1.82) is 0 Å². The minimum atomic E-state index is -4.78. The molecule has 1 N–H and O–H groups in total. The summed E-state index contributed by atoms with van der Waals surface area (Å²) in [5.41, 5.74) is -0.642. The summed E-state index contributed by atoms with van der Waals surface area (Å²) in [6.07, 6.45) is -2.55. The number of carbonyl (C=O) groups excluding carboxylic acids is 1. The Morgan fingerprint density at radius 3 is 2.76 bits per heavy atom. The predicted octanol–water partition coefficient (Wildman–Crippen LogP) is 3.48. The first kappa shape index (κ1) is 22.3. The van der Waals surface area contributed by atoms with E-state index in [9.17, 15) is 22.4 Å². The summed E-state index contributed by atoms with van der Waals surface area (Å²) in [5.74, 6) is -0.471. The van der Waals surface area contributed by atoms with Gasteiger partial charge in [-0.2, -0.15) is 13.2 Å². The number of amides is 1. The molecule has 1 fully saturated rings. The molecule has 5 rings (SSSR count). The Kier molecular flexibility index (Phi) is 5.68. The summed E-state index contributed by atoms with van der Waals surface area (Å²) in [4.78, 5) is 27.1. The maximum Gasteiger partial charge on any atom is 0.420 e. The van der Waals surface area contributed by atoms with Gasteiger partial charge in [0.25, 0.3) is 5.91 Å². The van der Waals surface area contributed by atoms with Crippen molar-refractivity contribution in [2.24, 2.45) is 0 Å². The van der Waals surface area contributed by atoms with E-state index >= 15 is 0 Å². The van der Waals surface area contributed by atoms with Crippen LogP contribution in [0.2, 0.25) is 0 Å². The summed E-state index contributed by atoms with van der Waals surface area (Å²) >= 11 is 0. The minimum Gasteiger partial charge on any atom is -0.493 e. The van der Waals surface area contributed by atoms with E-state index in [0.717, 1.165) is 6.07 Å². The van der Waals surface area contributed by atoms with Crippen molar-refractivity contribution in [3.05, 3.63) is 47.2 Å². The van der Waals surface area contributed by atoms with E-state index in [0.29, 0.717) is 60.4 Å². The number of morpholine rings is 1. The number of aryl methyl sites for hydroxylation is 1. The van der Waals surface area contributed by atoms with Crippen LogP contribution in [0, 0.1) is 5.82 Å². The fraction of sp³-hybridized carbons (Fsp3) is 0.364. The fourth-order valence-electron chi connectivity index (χ4n) is 3.97. The summed E-state index contributed by atoms with van der Waals surface area (Å²) in [5, 5.41) is 3.54. The molecule has 178 valence electrons. The van der Waals surface area contributed by atoms with Gasteiger partial charge in [-0.1, -0.05) is 0 Å². The van der Waals surface area contributed by atoms with E-state index in [-0.39, 0.29) is 31.2 Å². The van der Waals surface area contributed by atoms with Gasteiger partial charge in [0.05, 0.1) is 31.5 Å². The Bertz CT molecular complexity index is 1270. The van der Waals surface area contributed by atoms with E-state index in [2.05, 4.69) is 20.3 Å². The number of halogens is 4. The van der Waals surface area contributed by atoms with Gasteiger partial charge in [-0.3, -0.25) is 9.69 Å². The molecule has 1 aromatic carbocycles. The van der Waals surface area contributed by atoms with Gasteiger partial charge in [0, 0.05) is 23.9 Å². The van der Waals surface area contributed by atoms with Crippen LogP contribution in [0.1, 0.15) is 23.4 Å². The quantitative estimate of drug-likeness (QED) is 0.537. The van der Waals surface area contributed by atoms with Gasteiger partial charge in [0.2, 0.25) is 0 Å². The number of aromatic nitrogens is 3. The average Bonchev–Trinajstić information content (AvgIpc) is 2.82. The smallest absolute Gasteiger partial charge is 0.420 e. The van der Waals surface area contributed by atoms with E-state index in [1.807, 2.05) is 0 Å². The van der Waals surface area contributed by atoms with Crippen LogP contribution in [0.4, 0.5) is 29.2 Å². The highest BCUT2D eigenvalue weighted by Gasteiger charge is 2.36. The SMILES string of the molecule is O=C1COCCN1c1cc2c3nc(nc2cn1)CCCOc1c(cc(F)cc1C(F)(F)F)CN3. The summed E-state index contributed by atoms with van der Waals surface area (Å²) in [6, 6.07) is 3.10. The highest BCUT2D eigenvalue weighted by Crippen LogP contribution is 2.39. The largest absolute Gasteiger partial charge is 0.493 e. The molecule has 34 heavy (non-hydrogen) atoms. The summed E-state index contributed by atoms with van der Waals surface area (Å²) < 4.78 is 65.4. The van der Waals surface area contributed by atoms with Gasteiger partial charge in [0.15, 0.2) is 0 Å². The first-order valence-electron chi connectivity index (χ1n) is 10.6. The Labute approximate surface area is 190 Å². The summed E-state index contributed by atoms with van der Waals surface area (Å²) in [7, 11) is 0. The lowest BCUT2D eigenvalue weighted by molar-refractivity contribution is -0.139. The Morgan fingerprint density at radius 1 is 1.12 bits per heavy atom. The fourth-order valence-corrected chi connectivity index (χ4v) is 3.97. The molecule has 0 radical (unpaired) electrons. The molecular formula is C22H19F4N5O3. The van der Waals surface area contributed by atoms with Crippen molar-refractivity contribution < 1.29 is 31.8 Å². The highest BCUT2D eigenvalue weighted by atomic mass is 19.4. The van der Waals surface area contributed by atoms with Crippen LogP contribution < -0.4 is 15.0 Å². The van der Waals surface area contributed by atoms with E-state index < -0.39 is 23.3 Å². The monoisotopic (exact) mass is 477 g/mol. The van der Waals surface area contributed by atoms with Crippen molar-refractivity contribution in [3.8, 4) is 5.75 Å². The molecule has 0 atom stereocenters. The normalized spacial score (nSPS) is 16.9. The predicted molar refractivity (Wildman–Crippen MR) is 113 cm³/mol. The number of nitrogens with one attached hydrogen (secondary N) is 1. The molecule has 2 aliphatic rings. The number of fused-ring (bicyclic) bond motifs is 5. The van der Waals surface area contributed by atoms with Crippen molar-refractivity contribution in [3.63, 3.8) is 0 Å². The minimum absolute atomic E-state index is 0.0140. The zero-order valence-corrected chi connectivity index (χ0v) is 17.8. The lowest BCUT2D eigenvalue weighted by Gasteiger charge is -2.26. The molecule has 8 nitrogen and oxygen atoms in total. The van der Waals surface area contributed by atoms with Crippen LogP contribution in [0.25, 0.3) is 10.9 Å². The van der Waals surface area contributed by atoms with Gasteiger partial charge >= 0.3 is 6.18 Å². The molecule has 4 heterocycles. The number of rotatable bonds is 1. The van der Waals surface area contributed by atoms with Gasteiger partial charge in [-0.15, -0.1) is 0 Å². The number of benzene rings is 1. The van der Waals surface area contributed by atoms with Crippen LogP contribution in [-0.2, 0) is 28.7 Å². The van der Waals surface area contributed by atoms with Gasteiger partial charge in [0.1, 0.15) is 41.2 Å². The molecule has 0 aliphatic carbocycles. The number of hydrogen-bond acceptors (Lipinski definition) is 7. The van der Waals surface area contributed by atoms with Gasteiger partial charge in [-0.25, -0.2) is 19.3 Å². The second-order valence-corrected chi connectivity index (χ2v) is 7.89. The van der Waals surface area contributed by atoms with Crippen LogP contribution in [0.3, 0.4) is 0 Å².